The average Bonchev–Trinajstić information content (AvgIpc) is 3.44. The Morgan fingerprint density at radius 3 is 2.66 bits per heavy atom. The van der Waals surface area contributed by atoms with Crippen LogP contribution in [-0.2, 0) is 16.1 Å². The zero-order valence-corrected chi connectivity index (χ0v) is 16.6. The lowest BCUT2D eigenvalue weighted by Gasteiger charge is -2.11. The van der Waals surface area contributed by atoms with Gasteiger partial charge in [0.05, 0.1) is 32.7 Å². The SMILES string of the molecule is COc1ccc(NC(=O)C(=O)NCc2ccc(C(O)c3ccco3)s2)c(OC)c1. The van der Waals surface area contributed by atoms with Crippen LogP contribution in [0.3, 0.4) is 0 Å². The summed E-state index contributed by atoms with van der Waals surface area (Å²) < 4.78 is 15.5. The Morgan fingerprint density at radius 1 is 1.14 bits per heavy atom. The highest BCUT2D eigenvalue weighted by Crippen LogP contribution is 2.30. The molecule has 0 aliphatic heterocycles. The molecule has 0 saturated heterocycles. The van der Waals surface area contributed by atoms with Crippen LogP contribution in [0.1, 0.15) is 21.6 Å². The lowest BCUT2D eigenvalue weighted by Crippen LogP contribution is -2.34. The van der Waals surface area contributed by atoms with Gasteiger partial charge in [-0.15, -0.1) is 11.3 Å². The average molecular weight is 416 g/mol. The molecule has 8 nitrogen and oxygen atoms in total. The summed E-state index contributed by atoms with van der Waals surface area (Å²) >= 11 is 1.32. The summed E-state index contributed by atoms with van der Waals surface area (Å²) in [6, 6.07) is 11.7. The smallest absolute Gasteiger partial charge is 0.313 e. The molecule has 2 aromatic heterocycles. The molecule has 0 fully saturated rings. The van der Waals surface area contributed by atoms with Gasteiger partial charge in [-0.05, 0) is 36.4 Å². The Balaban J connectivity index is 1.56. The van der Waals surface area contributed by atoms with Gasteiger partial charge >= 0.3 is 11.8 Å². The Bertz CT molecular complexity index is 983. The van der Waals surface area contributed by atoms with E-state index < -0.39 is 17.9 Å². The lowest BCUT2D eigenvalue weighted by molar-refractivity contribution is -0.136. The normalized spacial score (nSPS) is 11.6. The number of methoxy groups -OCH3 is 2. The van der Waals surface area contributed by atoms with Crippen molar-refractivity contribution in [1.29, 1.82) is 0 Å². The minimum atomic E-state index is -0.870. The number of aliphatic hydroxyl groups is 1. The molecule has 3 N–H and O–H groups in total. The number of thiophene rings is 1. The van der Waals surface area contributed by atoms with Crippen molar-refractivity contribution >= 4 is 28.8 Å². The van der Waals surface area contributed by atoms with E-state index in [9.17, 15) is 14.7 Å². The van der Waals surface area contributed by atoms with Crippen molar-refractivity contribution in [3.8, 4) is 11.5 Å². The predicted molar refractivity (Wildman–Crippen MR) is 107 cm³/mol. The fourth-order valence-corrected chi connectivity index (χ4v) is 3.50. The minimum absolute atomic E-state index is 0.154. The van der Waals surface area contributed by atoms with Crippen molar-refractivity contribution in [1.82, 2.24) is 5.32 Å². The molecule has 0 saturated carbocycles. The highest BCUT2D eigenvalue weighted by atomic mass is 32.1. The number of ether oxygens (including phenoxy) is 2. The van der Waals surface area contributed by atoms with Gasteiger partial charge in [-0.3, -0.25) is 9.59 Å². The van der Waals surface area contributed by atoms with E-state index in [0.717, 1.165) is 4.88 Å². The number of furan rings is 1. The van der Waals surface area contributed by atoms with Crippen LogP contribution in [-0.4, -0.2) is 31.1 Å². The fourth-order valence-electron chi connectivity index (χ4n) is 2.55. The maximum Gasteiger partial charge on any atom is 0.313 e. The van der Waals surface area contributed by atoms with Crippen molar-refractivity contribution in [2.75, 3.05) is 19.5 Å². The number of amides is 2. The highest BCUT2D eigenvalue weighted by molar-refractivity contribution is 7.12. The van der Waals surface area contributed by atoms with Gasteiger partial charge in [-0.2, -0.15) is 0 Å². The quantitative estimate of drug-likeness (QED) is 0.511. The van der Waals surface area contributed by atoms with E-state index in [1.807, 2.05) is 0 Å². The van der Waals surface area contributed by atoms with Crippen LogP contribution in [0.2, 0.25) is 0 Å². The molecule has 0 bridgehead atoms. The van der Waals surface area contributed by atoms with Gasteiger partial charge in [0, 0.05) is 15.8 Å². The number of hydrogen-bond donors (Lipinski definition) is 3. The first kappa shape index (κ1) is 20.4. The second kappa shape index (κ2) is 9.26. The molecule has 1 atom stereocenters. The van der Waals surface area contributed by atoms with E-state index in [4.69, 9.17) is 13.9 Å². The molecule has 0 spiro atoms. The summed E-state index contributed by atoms with van der Waals surface area (Å²) in [7, 11) is 2.97. The van der Waals surface area contributed by atoms with Crippen LogP contribution in [0.25, 0.3) is 0 Å². The molecule has 2 amide bonds. The number of anilines is 1. The largest absolute Gasteiger partial charge is 0.497 e. The zero-order valence-electron chi connectivity index (χ0n) is 15.8. The molecule has 3 rings (SSSR count). The predicted octanol–water partition coefficient (Wildman–Crippen LogP) is 2.69. The van der Waals surface area contributed by atoms with Gasteiger partial charge in [-0.1, -0.05) is 0 Å². The molecular weight excluding hydrogens is 396 g/mol. The molecule has 29 heavy (non-hydrogen) atoms. The van der Waals surface area contributed by atoms with E-state index in [2.05, 4.69) is 10.6 Å². The van der Waals surface area contributed by atoms with E-state index in [-0.39, 0.29) is 6.54 Å². The zero-order chi connectivity index (χ0) is 20.8. The number of benzene rings is 1. The number of hydrogen-bond acceptors (Lipinski definition) is 7. The van der Waals surface area contributed by atoms with E-state index in [0.29, 0.717) is 27.8 Å². The Kier molecular flexibility index (Phi) is 6.53. The molecule has 1 aromatic carbocycles. The third kappa shape index (κ3) is 4.95. The van der Waals surface area contributed by atoms with Gasteiger partial charge in [0.1, 0.15) is 23.4 Å². The third-order valence-electron chi connectivity index (χ3n) is 4.05. The van der Waals surface area contributed by atoms with Crippen molar-refractivity contribution < 1.29 is 28.6 Å². The van der Waals surface area contributed by atoms with Crippen molar-refractivity contribution in [3.05, 3.63) is 64.2 Å². The maximum atomic E-state index is 12.2. The highest BCUT2D eigenvalue weighted by Gasteiger charge is 2.18. The standard InChI is InChI=1S/C20H20N2O6S/c1-26-12-5-7-14(16(10-12)27-2)22-20(25)19(24)21-11-13-6-8-17(29-13)18(23)15-4-3-9-28-15/h3-10,18,23H,11H2,1-2H3,(H,21,24)(H,22,25). The summed E-state index contributed by atoms with van der Waals surface area (Å²) in [5, 5.41) is 15.3. The Morgan fingerprint density at radius 2 is 1.97 bits per heavy atom. The number of nitrogens with one attached hydrogen (secondary N) is 2. The summed E-state index contributed by atoms with van der Waals surface area (Å²) in [5.74, 6) is -0.227. The van der Waals surface area contributed by atoms with E-state index in [1.54, 1.807) is 42.5 Å². The number of rotatable bonds is 7. The minimum Gasteiger partial charge on any atom is -0.497 e. The topological polar surface area (TPSA) is 110 Å². The molecule has 3 aromatic rings. The molecule has 152 valence electrons. The monoisotopic (exact) mass is 416 g/mol. The van der Waals surface area contributed by atoms with Crippen LogP contribution in [0.4, 0.5) is 5.69 Å². The molecule has 0 radical (unpaired) electrons. The summed E-state index contributed by atoms with van der Waals surface area (Å²) in [4.78, 5) is 25.8. The maximum absolute atomic E-state index is 12.2. The molecule has 0 aliphatic rings. The van der Waals surface area contributed by atoms with Crippen LogP contribution >= 0.6 is 11.3 Å². The van der Waals surface area contributed by atoms with Crippen LogP contribution in [0.15, 0.2) is 53.1 Å². The second-order valence-electron chi connectivity index (χ2n) is 5.93. The first-order chi connectivity index (χ1) is 14.0. The third-order valence-corrected chi connectivity index (χ3v) is 5.19. The van der Waals surface area contributed by atoms with Gasteiger partial charge in [-0.25, -0.2) is 0 Å². The van der Waals surface area contributed by atoms with Gasteiger partial charge in [0.15, 0.2) is 0 Å². The number of carbonyl (C=O) groups excluding carboxylic acids is 2. The molecule has 1 unspecified atom stereocenters. The number of aliphatic hydroxyl groups excluding tert-OH is 1. The molecule has 0 aliphatic carbocycles. The van der Waals surface area contributed by atoms with Crippen molar-refractivity contribution in [2.24, 2.45) is 0 Å². The lowest BCUT2D eigenvalue weighted by atomic mass is 10.2. The van der Waals surface area contributed by atoms with Gasteiger partial charge in [0.2, 0.25) is 0 Å². The van der Waals surface area contributed by atoms with Gasteiger partial charge in [0.25, 0.3) is 0 Å². The molecule has 2 heterocycles. The Hall–Kier alpha value is -3.30. The summed E-state index contributed by atoms with van der Waals surface area (Å²) in [6.45, 7) is 0.154. The van der Waals surface area contributed by atoms with Crippen LogP contribution in [0.5, 0.6) is 11.5 Å². The van der Waals surface area contributed by atoms with E-state index in [1.165, 1.54) is 31.8 Å². The summed E-state index contributed by atoms with van der Waals surface area (Å²) in [5.41, 5.74) is 0.355. The number of carbonyl (C=O) groups is 2. The van der Waals surface area contributed by atoms with Crippen LogP contribution < -0.4 is 20.1 Å². The molecule has 9 heteroatoms. The Labute approximate surface area is 171 Å². The first-order valence-corrected chi connectivity index (χ1v) is 9.44. The first-order valence-electron chi connectivity index (χ1n) is 8.63. The van der Waals surface area contributed by atoms with Crippen molar-refractivity contribution in [2.45, 2.75) is 12.6 Å². The van der Waals surface area contributed by atoms with Crippen LogP contribution in [0, 0.1) is 0 Å². The molecular formula is C20H20N2O6S. The summed E-state index contributed by atoms with van der Waals surface area (Å²) in [6.07, 6.45) is 0.620. The van der Waals surface area contributed by atoms with Gasteiger partial charge < -0.3 is 29.6 Å². The second-order valence-corrected chi connectivity index (χ2v) is 7.12. The van der Waals surface area contributed by atoms with Crippen molar-refractivity contribution in [3.63, 3.8) is 0 Å². The fraction of sp³-hybridized carbons (Fsp3) is 0.200. The van der Waals surface area contributed by atoms with E-state index >= 15 is 0 Å².